The number of furan rings is 1. The van der Waals surface area contributed by atoms with E-state index in [0.717, 1.165) is 37.8 Å². The first kappa shape index (κ1) is 20.7. The van der Waals surface area contributed by atoms with E-state index in [4.69, 9.17) is 9.41 Å². The van der Waals surface area contributed by atoms with Crippen molar-refractivity contribution in [1.29, 1.82) is 0 Å². The first-order valence-corrected chi connectivity index (χ1v) is 9.22. The summed E-state index contributed by atoms with van der Waals surface area (Å²) in [7, 11) is 0. The van der Waals surface area contributed by atoms with Gasteiger partial charge in [-0.1, -0.05) is 13.3 Å². The highest BCUT2D eigenvalue weighted by Gasteiger charge is 2.34. The molecule has 2 aromatic heterocycles. The number of aromatic nitrogens is 3. The molecule has 0 aromatic carbocycles. The van der Waals surface area contributed by atoms with Gasteiger partial charge in [0.05, 0.1) is 6.26 Å². The molecule has 1 aliphatic rings. The van der Waals surface area contributed by atoms with Gasteiger partial charge >= 0.3 is 0 Å². The molecule has 0 saturated heterocycles. The average molecular weight is 472 g/mol. The molecule has 0 unspecified atom stereocenters. The van der Waals surface area contributed by atoms with Crippen molar-refractivity contribution in [3.8, 4) is 11.6 Å². The third kappa shape index (κ3) is 5.21. The van der Waals surface area contributed by atoms with Crippen LogP contribution in [-0.2, 0) is 6.42 Å². The Morgan fingerprint density at radius 2 is 2.19 bits per heavy atom. The number of aliphatic imine (C=N–C) groups is 1. The van der Waals surface area contributed by atoms with Crippen LogP contribution >= 0.6 is 24.0 Å². The van der Waals surface area contributed by atoms with Gasteiger partial charge in [-0.25, -0.2) is 4.98 Å². The fourth-order valence-corrected chi connectivity index (χ4v) is 3.11. The highest BCUT2D eigenvalue weighted by molar-refractivity contribution is 14.0. The molecule has 3 N–H and O–H groups in total. The predicted octanol–water partition coefficient (Wildman–Crippen LogP) is 3.36. The van der Waals surface area contributed by atoms with Crippen molar-refractivity contribution in [3.63, 3.8) is 0 Å². The van der Waals surface area contributed by atoms with Crippen LogP contribution in [0.3, 0.4) is 0 Å². The van der Waals surface area contributed by atoms with Gasteiger partial charge in [0.25, 0.3) is 0 Å². The lowest BCUT2D eigenvalue weighted by molar-refractivity contribution is 0.139. The largest absolute Gasteiger partial charge is 0.461 e. The molecule has 1 saturated carbocycles. The normalized spacial score (nSPS) is 15.8. The highest BCUT2D eigenvalue weighted by Crippen LogP contribution is 2.43. The topological polar surface area (TPSA) is 91.1 Å². The molecule has 3 rings (SSSR count). The summed E-state index contributed by atoms with van der Waals surface area (Å²) < 4.78 is 5.31. The van der Waals surface area contributed by atoms with Gasteiger partial charge in [-0.15, -0.1) is 24.0 Å². The predicted molar refractivity (Wildman–Crippen MR) is 114 cm³/mol. The molecule has 0 bridgehead atoms. The summed E-state index contributed by atoms with van der Waals surface area (Å²) in [5, 5.41) is 13.9. The minimum atomic E-state index is 0. The lowest BCUT2D eigenvalue weighted by Crippen LogP contribution is -2.40. The number of nitrogens with one attached hydrogen (secondary N) is 3. The Kier molecular flexibility index (Phi) is 7.92. The summed E-state index contributed by atoms with van der Waals surface area (Å²) >= 11 is 0. The van der Waals surface area contributed by atoms with E-state index in [2.05, 4.69) is 39.7 Å². The Morgan fingerprint density at radius 1 is 1.35 bits per heavy atom. The van der Waals surface area contributed by atoms with Crippen molar-refractivity contribution in [2.75, 3.05) is 19.6 Å². The van der Waals surface area contributed by atoms with E-state index in [-0.39, 0.29) is 24.0 Å². The molecule has 0 atom stereocenters. The van der Waals surface area contributed by atoms with Crippen LogP contribution in [0.2, 0.25) is 0 Å². The molecular weight excluding hydrogens is 443 g/mol. The fourth-order valence-electron chi connectivity index (χ4n) is 3.11. The summed E-state index contributed by atoms with van der Waals surface area (Å²) in [6.07, 6.45) is 7.54. The van der Waals surface area contributed by atoms with Gasteiger partial charge in [0.1, 0.15) is 5.82 Å². The number of halogens is 1. The molecule has 2 heterocycles. The Labute approximate surface area is 171 Å². The number of nitrogens with zero attached hydrogens (tertiary/aromatic N) is 3. The van der Waals surface area contributed by atoms with Crippen molar-refractivity contribution >= 4 is 29.9 Å². The first-order chi connectivity index (χ1) is 12.2. The minimum Gasteiger partial charge on any atom is -0.461 e. The smallest absolute Gasteiger partial charge is 0.216 e. The number of rotatable bonds is 8. The Morgan fingerprint density at radius 3 is 2.81 bits per heavy atom. The molecule has 0 radical (unpaired) electrons. The van der Waals surface area contributed by atoms with Crippen molar-refractivity contribution in [1.82, 2.24) is 25.8 Å². The van der Waals surface area contributed by atoms with E-state index < -0.39 is 0 Å². The second kappa shape index (κ2) is 9.94. The Bertz CT molecular complexity index is 672. The number of aromatic amines is 1. The number of hydrogen-bond acceptors (Lipinski definition) is 4. The maximum absolute atomic E-state index is 5.31. The summed E-state index contributed by atoms with van der Waals surface area (Å²) in [6, 6.07) is 3.68. The summed E-state index contributed by atoms with van der Waals surface area (Å²) in [4.78, 5) is 9.24. The maximum atomic E-state index is 5.31. The molecule has 144 valence electrons. The van der Waals surface area contributed by atoms with Crippen molar-refractivity contribution in [2.24, 2.45) is 10.4 Å². The van der Waals surface area contributed by atoms with Crippen LogP contribution in [0.5, 0.6) is 0 Å². The molecule has 0 aliphatic heterocycles. The van der Waals surface area contributed by atoms with Crippen LogP contribution in [-0.4, -0.2) is 40.8 Å². The lowest BCUT2D eigenvalue weighted by atomic mass is 9.67. The Hall–Kier alpha value is -1.58. The maximum Gasteiger partial charge on any atom is 0.216 e. The quantitative estimate of drug-likeness (QED) is 0.312. The van der Waals surface area contributed by atoms with Gasteiger partial charge in [0.15, 0.2) is 11.7 Å². The van der Waals surface area contributed by atoms with Crippen molar-refractivity contribution < 1.29 is 4.42 Å². The minimum absolute atomic E-state index is 0. The lowest BCUT2D eigenvalue weighted by Gasteiger charge is -2.40. The zero-order chi connectivity index (χ0) is 17.5. The van der Waals surface area contributed by atoms with Crippen LogP contribution in [0.4, 0.5) is 0 Å². The second-order valence-corrected chi connectivity index (χ2v) is 6.66. The van der Waals surface area contributed by atoms with E-state index in [9.17, 15) is 0 Å². The van der Waals surface area contributed by atoms with E-state index in [1.165, 1.54) is 25.7 Å². The molecular formula is C18H29IN6O. The van der Waals surface area contributed by atoms with Gasteiger partial charge in [-0.2, -0.15) is 5.10 Å². The molecule has 7 nitrogen and oxygen atoms in total. The average Bonchev–Trinajstić information content (AvgIpc) is 3.25. The number of guanidine groups is 1. The van der Waals surface area contributed by atoms with Gasteiger partial charge in [-0.05, 0) is 43.7 Å². The van der Waals surface area contributed by atoms with Crippen LogP contribution in [0, 0.1) is 5.41 Å². The van der Waals surface area contributed by atoms with Crippen molar-refractivity contribution in [3.05, 3.63) is 24.2 Å². The van der Waals surface area contributed by atoms with Crippen molar-refractivity contribution in [2.45, 2.75) is 46.0 Å². The van der Waals surface area contributed by atoms with Crippen LogP contribution in [0.25, 0.3) is 11.6 Å². The molecule has 0 spiro atoms. The van der Waals surface area contributed by atoms with E-state index in [1.807, 2.05) is 12.1 Å². The molecule has 1 fully saturated rings. The van der Waals surface area contributed by atoms with Crippen LogP contribution in [0.15, 0.2) is 27.8 Å². The fraction of sp³-hybridized carbons (Fsp3) is 0.611. The SMILES string of the molecule is CCNC(=NCC1(CC)CCC1)NCCc1nc(-c2ccco2)n[nH]1.I. The third-order valence-corrected chi connectivity index (χ3v) is 5.01. The molecule has 1 aliphatic carbocycles. The van der Waals surface area contributed by atoms with E-state index in [0.29, 0.717) is 17.0 Å². The van der Waals surface area contributed by atoms with Crippen LogP contribution in [0.1, 0.15) is 45.4 Å². The standard InChI is InChI=1S/C18H28N6O.HI/c1-3-18(9-6-10-18)13-21-17(19-4-2)20-11-8-15-22-16(24-23-15)14-7-5-12-25-14;/h5,7,12H,3-4,6,8-11,13H2,1-2H3,(H2,19,20,21)(H,22,23,24);1H. The van der Waals surface area contributed by atoms with Gasteiger partial charge in [-0.3, -0.25) is 10.1 Å². The monoisotopic (exact) mass is 472 g/mol. The zero-order valence-electron chi connectivity index (χ0n) is 15.5. The molecule has 2 aromatic rings. The van der Waals surface area contributed by atoms with Gasteiger partial charge in [0, 0.05) is 26.1 Å². The van der Waals surface area contributed by atoms with Gasteiger partial charge in [0.2, 0.25) is 5.82 Å². The van der Waals surface area contributed by atoms with E-state index in [1.54, 1.807) is 6.26 Å². The summed E-state index contributed by atoms with van der Waals surface area (Å²) in [5.41, 5.74) is 0.436. The molecule has 26 heavy (non-hydrogen) atoms. The van der Waals surface area contributed by atoms with Gasteiger partial charge < -0.3 is 15.1 Å². The second-order valence-electron chi connectivity index (χ2n) is 6.66. The first-order valence-electron chi connectivity index (χ1n) is 9.22. The Balaban J connectivity index is 0.00000243. The van der Waals surface area contributed by atoms with E-state index >= 15 is 0 Å². The highest BCUT2D eigenvalue weighted by atomic mass is 127. The summed E-state index contributed by atoms with van der Waals surface area (Å²) in [5.74, 6) is 2.98. The number of H-pyrrole nitrogens is 1. The summed E-state index contributed by atoms with van der Waals surface area (Å²) in [6.45, 7) is 6.87. The zero-order valence-corrected chi connectivity index (χ0v) is 17.9. The third-order valence-electron chi connectivity index (χ3n) is 5.01. The number of hydrogen-bond donors (Lipinski definition) is 3. The molecule has 0 amide bonds. The molecule has 8 heteroatoms. The van der Waals surface area contributed by atoms with Crippen LogP contribution < -0.4 is 10.6 Å².